The molecule has 26 heavy (non-hydrogen) atoms. The van der Waals surface area contributed by atoms with E-state index in [4.69, 9.17) is 4.74 Å². The van der Waals surface area contributed by atoms with Crippen LogP contribution >= 0.6 is 0 Å². The third-order valence-corrected chi connectivity index (χ3v) is 6.25. The third-order valence-electron chi connectivity index (χ3n) is 4.40. The number of benzene rings is 1. The van der Waals surface area contributed by atoms with E-state index in [1.165, 1.54) is 0 Å². The summed E-state index contributed by atoms with van der Waals surface area (Å²) in [5, 5.41) is 0. The molecule has 0 bridgehead atoms. The Hall–Kier alpha value is -2.19. The normalized spacial score (nSPS) is 15.9. The average molecular weight is 376 g/mol. The summed E-state index contributed by atoms with van der Waals surface area (Å²) < 4.78 is 32.2. The van der Waals surface area contributed by atoms with Crippen LogP contribution in [0.25, 0.3) is 0 Å². The molecule has 0 spiro atoms. The second-order valence-corrected chi connectivity index (χ2v) is 8.42. The van der Waals surface area contributed by atoms with Crippen LogP contribution < -0.4 is 9.64 Å². The highest BCUT2D eigenvalue weighted by Gasteiger charge is 2.28. The number of aryl methyl sites for hydroxylation is 2. The van der Waals surface area contributed by atoms with Gasteiger partial charge in [-0.1, -0.05) is 29.8 Å². The van der Waals surface area contributed by atoms with E-state index in [9.17, 15) is 8.42 Å². The predicted molar refractivity (Wildman–Crippen MR) is 101 cm³/mol. The molecule has 2 aromatic rings. The van der Waals surface area contributed by atoms with E-state index in [0.717, 1.165) is 16.9 Å². The molecule has 0 amide bonds. The van der Waals surface area contributed by atoms with Gasteiger partial charge in [-0.25, -0.2) is 13.4 Å². The third kappa shape index (κ3) is 4.31. The first-order valence-corrected chi connectivity index (χ1v) is 10.2. The zero-order valence-electron chi connectivity index (χ0n) is 15.3. The zero-order valence-corrected chi connectivity index (χ0v) is 16.2. The maximum absolute atomic E-state index is 12.7. The molecular weight excluding hydrogens is 352 g/mol. The second-order valence-electron chi connectivity index (χ2n) is 6.45. The number of aromatic nitrogens is 2. The molecule has 0 radical (unpaired) electrons. The molecule has 0 unspecified atom stereocenters. The molecule has 0 aliphatic carbocycles. The molecular formula is C18H24N4O3S. The number of piperazine rings is 1. The summed E-state index contributed by atoms with van der Waals surface area (Å²) in [7, 11) is -1.76. The van der Waals surface area contributed by atoms with Gasteiger partial charge in [0.05, 0.1) is 12.9 Å². The Bertz CT molecular complexity index is 878. The van der Waals surface area contributed by atoms with Crippen LogP contribution in [0.15, 0.2) is 30.3 Å². The van der Waals surface area contributed by atoms with Crippen LogP contribution in [0, 0.1) is 13.8 Å². The summed E-state index contributed by atoms with van der Waals surface area (Å²) in [6, 6.07) is 9.42. The molecule has 1 aromatic heterocycles. The van der Waals surface area contributed by atoms with E-state index in [1.54, 1.807) is 17.5 Å². The number of hydrogen-bond donors (Lipinski definition) is 0. The number of rotatable bonds is 5. The summed E-state index contributed by atoms with van der Waals surface area (Å²) in [5.41, 5.74) is 1.89. The van der Waals surface area contributed by atoms with Crippen molar-refractivity contribution >= 4 is 15.8 Å². The monoisotopic (exact) mass is 376 g/mol. The van der Waals surface area contributed by atoms with Gasteiger partial charge in [-0.15, -0.1) is 0 Å². The summed E-state index contributed by atoms with van der Waals surface area (Å²) in [5.74, 6) is 1.95. The first-order valence-electron chi connectivity index (χ1n) is 8.55. The van der Waals surface area contributed by atoms with Gasteiger partial charge in [0.2, 0.25) is 15.9 Å². The van der Waals surface area contributed by atoms with Crippen molar-refractivity contribution in [2.75, 3.05) is 38.2 Å². The van der Waals surface area contributed by atoms with E-state index in [2.05, 4.69) is 14.9 Å². The Morgan fingerprint density at radius 1 is 1.08 bits per heavy atom. The summed E-state index contributed by atoms with van der Waals surface area (Å²) in [6.45, 7) is 5.85. The molecule has 0 atom stereocenters. The maximum atomic E-state index is 12.7. The van der Waals surface area contributed by atoms with Crippen molar-refractivity contribution in [2.24, 2.45) is 0 Å². The number of hydrogen-bond acceptors (Lipinski definition) is 6. The second kappa shape index (κ2) is 7.59. The minimum absolute atomic E-state index is 0.0368. The molecule has 1 fully saturated rings. The lowest BCUT2D eigenvalue weighted by Crippen LogP contribution is -2.49. The summed E-state index contributed by atoms with van der Waals surface area (Å²) in [6.07, 6.45) is 0. The highest BCUT2D eigenvalue weighted by molar-refractivity contribution is 7.88. The molecule has 2 heterocycles. The van der Waals surface area contributed by atoms with E-state index in [1.807, 2.05) is 38.1 Å². The Kier molecular flexibility index (Phi) is 5.43. The smallest absolute Gasteiger partial charge is 0.218 e. The van der Waals surface area contributed by atoms with Crippen molar-refractivity contribution in [2.45, 2.75) is 19.6 Å². The van der Waals surface area contributed by atoms with E-state index >= 15 is 0 Å². The Labute approximate surface area is 154 Å². The molecule has 140 valence electrons. The number of ether oxygens (including phenoxy) is 1. The van der Waals surface area contributed by atoms with Gasteiger partial charge in [-0.05, 0) is 19.4 Å². The lowest BCUT2D eigenvalue weighted by atomic mass is 10.2. The number of anilines is 1. The molecule has 1 saturated heterocycles. The van der Waals surface area contributed by atoms with Crippen molar-refractivity contribution < 1.29 is 13.2 Å². The van der Waals surface area contributed by atoms with E-state index < -0.39 is 10.0 Å². The molecule has 1 aromatic carbocycles. The van der Waals surface area contributed by atoms with Crippen LogP contribution in [0.4, 0.5) is 5.82 Å². The number of methoxy groups -OCH3 is 1. The molecule has 0 saturated carbocycles. The molecule has 8 heteroatoms. The first kappa shape index (κ1) is 18.6. The van der Waals surface area contributed by atoms with Gasteiger partial charge in [0.25, 0.3) is 0 Å². The highest BCUT2D eigenvalue weighted by Crippen LogP contribution is 2.21. The number of sulfonamides is 1. The van der Waals surface area contributed by atoms with Gasteiger partial charge >= 0.3 is 0 Å². The van der Waals surface area contributed by atoms with Gasteiger partial charge in [0.15, 0.2) is 0 Å². The molecule has 7 nitrogen and oxygen atoms in total. The first-order chi connectivity index (χ1) is 12.4. The quantitative estimate of drug-likeness (QED) is 0.791. The average Bonchev–Trinajstić information content (AvgIpc) is 2.61. The van der Waals surface area contributed by atoms with Crippen molar-refractivity contribution in [3.63, 3.8) is 0 Å². The van der Waals surface area contributed by atoms with Crippen LogP contribution in [-0.2, 0) is 15.8 Å². The van der Waals surface area contributed by atoms with Gasteiger partial charge in [-0.2, -0.15) is 9.29 Å². The maximum Gasteiger partial charge on any atom is 0.218 e. The molecule has 3 rings (SSSR count). The molecule has 1 aliphatic rings. The minimum atomic E-state index is -3.33. The molecule has 0 N–H and O–H groups in total. The topological polar surface area (TPSA) is 75.6 Å². The van der Waals surface area contributed by atoms with E-state index in [0.29, 0.717) is 37.9 Å². The van der Waals surface area contributed by atoms with Crippen molar-refractivity contribution in [1.29, 1.82) is 0 Å². The fraction of sp³-hybridized carbons (Fsp3) is 0.444. The Balaban J connectivity index is 1.67. The van der Waals surface area contributed by atoms with E-state index in [-0.39, 0.29) is 5.75 Å². The van der Waals surface area contributed by atoms with Gasteiger partial charge in [0.1, 0.15) is 11.6 Å². The summed E-state index contributed by atoms with van der Waals surface area (Å²) in [4.78, 5) is 10.7. The lowest BCUT2D eigenvalue weighted by molar-refractivity contribution is 0.380. The van der Waals surface area contributed by atoms with Crippen LogP contribution in [0.1, 0.15) is 17.0 Å². The Morgan fingerprint density at radius 3 is 2.46 bits per heavy atom. The van der Waals surface area contributed by atoms with Crippen LogP contribution in [0.3, 0.4) is 0 Å². The Morgan fingerprint density at radius 2 is 1.81 bits per heavy atom. The lowest BCUT2D eigenvalue weighted by Gasteiger charge is -2.34. The fourth-order valence-electron chi connectivity index (χ4n) is 3.09. The summed E-state index contributed by atoms with van der Waals surface area (Å²) >= 11 is 0. The standard InChI is InChI=1S/C18H24N4O3S/c1-14-5-4-6-16(11-14)13-26(23,24)22-9-7-21(8-10-22)17-12-18(25-3)20-15(2)19-17/h4-6,11-12H,7-10,13H2,1-3H3. The molecule has 1 aliphatic heterocycles. The largest absolute Gasteiger partial charge is 0.481 e. The number of nitrogens with zero attached hydrogens (tertiary/aromatic N) is 4. The van der Waals surface area contributed by atoms with Crippen LogP contribution in [0.5, 0.6) is 5.88 Å². The van der Waals surface area contributed by atoms with Crippen LogP contribution in [-0.4, -0.2) is 56.0 Å². The van der Waals surface area contributed by atoms with Gasteiger partial charge < -0.3 is 9.64 Å². The van der Waals surface area contributed by atoms with Gasteiger partial charge in [-0.3, -0.25) is 0 Å². The van der Waals surface area contributed by atoms with Gasteiger partial charge in [0, 0.05) is 32.2 Å². The van der Waals surface area contributed by atoms with Crippen molar-refractivity contribution in [3.05, 3.63) is 47.3 Å². The highest BCUT2D eigenvalue weighted by atomic mass is 32.2. The van der Waals surface area contributed by atoms with Crippen molar-refractivity contribution in [1.82, 2.24) is 14.3 Å². The van der Waals surface area contributed by atoms with Crippen molar-refractivity contribution in [3.8, 4) is 5.88 Å². The SMILES string of the molecule is COc1cc(N2CCN(S(=O)(=O)Cc3cccc(C)c3)CC2)nc(C)n1. The fourth-order valence-corrected chi connectivity index (χ4v) is 4.59. The zero-order chi connectivity index (χ0) is 18.7. The minimum Gasteiger partial charge on any atom is -0.481 e. The van der Waals surface area contributed by atoms with Crippen LogP contribution in [0.2, 0.25) is 0 Å². The predicted octanol–water partition coefficient (Wildman–Crippen LogP) is 1.75.